The topological polar surface area (TPSA) is 54.5 Å². The number of pyridine rings is 1. The zero-order valence-electron chi connectivity index (χ0n) is 11.6. The number of likely N-dealkylation sites (N-methyl/N-ethyl adjacent to an activating group) is 1. The largest absolute Gasteiger partial charge is 0.362 e. The molecule has 0 radical (unpaired) electrons. The van der Waals surface area contributed by atoms with Crippen LogP contribution in [0.3, 0.4) is 0 Å². The molecule has 4 heteroatoms. The van der Waals surface area contributed by atoms with Crippen LogP contribution in [0.25, 0.3) is 5.57 Å². The Kier molecular flexibility index (Phi) is 5.52. The van der Waals surface area contributed by atoms with Crippen LogP contribution in [0.5, 0.6) is 0 Å². The molecule has 0 spiro atoms. The molecule has 0 fully saturated rings. The van der Waals surface area contributed by atoms with Gasteiger partial charge < -0.3 is 10.6 Å². The molecular formula is C14H22N4. The van der Waals surface area contributed by atoms with Gasteiger partial charge >= 0.3 is 0 Å². The number of nitrogens with two attached hydrogens (primary N) is 1. The minimum absolute atomic E-state index is 0.0250. The lowest BCUT2D eigenvalue weighted by Crippen LogP contribution is -2.18. The Morgan fingerprint density at radius 3 is 2.72 bits per heavy atom. The monoisotopic (exact) mass is 246 g/mol. The zero-order chi connectivity index (χ0) is 13.5. The summed E-state index contributed by atoms with van der Waals surface area (Å²) in [4.78, 5) is 10.4. The second-order valence-electron chi connectivity index (χ2n) is 4.36. The predicted octanol–water partition coefficient (Wildman–Crippen LogP) is 2.09. The quantitative estimate of drug-likeness (QED) is 0.639. The summed E-state index contributed by atoms with van der Waals surface area (Å²) in [5, 5.41) is 0. The van der Waals surface area contributed by atoms with E-state index in [1.807, 2.05) is 44.4 Å². The highest BCUT2D eigenvalue weighted by molar-refractivity contribution is 5.69. The van der Waals surface area contributed by atoms with Crippen LogP contribution in [0.1, 0.15) is 31.1 Å². The van der Waals surface area contributed by atoms with Gasteiger partial charge in [-0.15, -0.1) is 0 Å². The number of nitrogens with zero attached hydrogens (tertiary/aromatic N) is 3. The van der Waals surface area contributed by atoms with Crippen molar-refractivity contribution in [3.8, 4) is 0 Å². The van der Waals surface area contributed by atoms with Crippen molar-refractivity contribution in [2.75, 3.05) is 20.6 Å². The van der Waals surface area contributed by atoms with Gasteiger partial charge in [0.2, 0.25) is 0 Å². The molecule has 18 heavy (non-hydrogen) atoms. The first-order chi connectivity index (χ1) is 8.58. The van der Waals surface area contributed by atoms with E-state index in [1.165, 1.54) is 5.57 Å². The van der Waals surface area contributed by atoms with Crippen molar-refractivity contribution in [3.63, 3.8) is 0 Å². The van der Waals surface area contributed by atoms with Gasteiger partial charge in [-0.05, 0) is 31.1 Å². The van der Waals surface area contributed by atoms with Crippen LogP contribution in [0.2, 0.25) is 0 Å². The Hall–Kier alpha value is -1.68. The molecule has 1 atom stereocenters. The second kappa shape index (κ2) is 6.91. The van der Waals surface area contributed by atoms with E-state index in [0.29, 0.717) is 0 Å². The van der Waals surface area contributed by atoms with Gasteiger partial charge in [0.05, 0.1) is 12.0 Å². The van der Waals surface area contributed by atoms with E-state index in [0.717, 1.165) is 17.8 Å². The maximum absolute atomic E-state index is 5.79. The summed E-state index contributed by atoms with van der Waals surface area (Å²) in [7, 11) is 3.77. The molecule has 98 valence electrons. The van der Waals surface area contributed by atoms with Gasteiger partial charge in [0.1, 0.15) is 0 Å². The molecule has 0 aromatic carbocycles. The van der Waals surface area contributed by atoms with E-state index < -0.39 is 0 Å². The fourth-order valence-corrected chi connectivity index (χ4v) is 1.72. The number of rotatable bonds is 5. The van der Waals surface area contributed by atoms with Crippen molar-refractivity contribution in [2.45, 2.75) is 19.9 Å². The third kappa shape index (κ3) is 3.96. The number of hydrogen-bond acceptors (Lipinski definition) is 3. The molecule has 0 aliphatic carbocycles. The van der Waals surface area contributed by atoms with E-state index in [9.17, 15) is 0 Å². The van der Waals surface area contributed by atoms with E-state index in [4.69, 9.17) is 5.73 Å². The lowest BCUT2D eigenvalue weighted by atomic mass is 10.1. The maximum Gasteiger partial charge on any atom is 0.0846 e. The third-order valence-electron chi connectivity index (χ3n) is 2.70. The lowest BCUT2D eigenvalue weighted by Gasteiger charge is -2.16. The first-order valence-electron chi connectivity index (χ1n) is 6.08. The molecule has 0 saturated carbocycles. The van der Waals surface area contributed by atoms with Gasteiger partial charge in [-0.2, -0.15) is 0 Å². The molecule has 1 rings (SSSR count). The van der Waals surface area contributed by atoms with Crippen LogP contribution in [0.15, 0.2) is 29.4 Å². The molecule has 1 heterocycles. The van der Waals surface area contributed by atoms with Crippen molar-refractivity contribution >= 4 is 11.9 Å². The highest BCUT2D eigenvalue weighted by atomic mass is 15.1. The first-order valence-corrected chi connectivity index (χ1v) is 6.08. The highest BCUT2D eigenvalue weighted by Crippen LogP contribution is 2.16. The minimum atomic E-state index is -0.0250. The van der Waals surface area contributed by atoms with Crippen LogP contribution < -0.4 is 5.73 Å². The predicted molar refractivity (Wildman–Crippen MR) is 77.5 cm³/mol. The summed E-state index contributed by atoms with van der Waals surface area (Å²) in [5.41, 5.74) is 9.05. The second-order valence-corrected chi connectivity index (χ2v) is 4.36. The molecule has 0 aliphatic heterocycles. The zero-order valence-corrected chi connectivity index (χ0v) is 11.6. The summed E-state index contributed by atoms with van der Waals surface area (Å²) >= 11 is 0. The summed E-state index contributed by atoms with van der Waals surface area (Å²) in [6.07, 6.45) is 5.79. The SMILES string of the molecule is C/C=C(\CN(C)C=NC)c1ccc(C(C)N)nc1. The summed E-state index contributed by atoms with van der Waals surface area (Å²) in [5.74, 6) is 0. The van der Waals surface area contributed by atoms with Crippen LogP contribution in [-0.2, 0) is 0 Å². The van der Waals surface area contributed by atoms with E-state index >= 15 is 0 Å². The summed E-state index contributed by atoms with van der Waals surface area (Å²) in [6, 6.07) is 4.03. The van der Waals surface area contributed by atoms with E-state index in [-0.39, 0.29) is 6.04 Å². The number of hydrogen-bond donors (Lipinski definition) is 1. The van der Waals surface area contributed by atoms with Gasteiger partial charge in [-0.3, -0.25) is 9.98 Å². The molecule has 0 amide bonds. The van der Waals surface area contributed by atoms with Crippen LogP contribution >= 0.6 is 0 Å². The van der Waals surface area contributed by atoms with Crippen molar-refractivity contribution in [1.82, 2.24) is 9.88 Å². The minimum Gasteiger partial charge on any atom is -0.362 e. The third-order valence-corrected chi connectivity index (χ3v) is 2.70. The number of aliphatic imine (C=N–C) groups is 1. The molecule has 0 saturated heterocycles. The maximum atomic E-state index is 5.79. The Balaban J connectivity index is 2.83. The molecular weight excluding hydrogens is 224 g/mol. The van der Waals surface area contributed by atoms with Crippen molar-refractivity contribution in [3.05, 3.63) is 35.7 Å². The van der Waals surface area contributed by atoms with E-state index in [2.05, 4.69) is 22.1 Å². The molecule has 1 unspecified atom stereocenters. The van der Waals surface area contributed by atoms with Crippen molar-refractivity contribution in [1.29, 1.82) is 0 Å². The number of allylic oxidation sites excluding steroid dienone is 1. The Bertz CT molecular complexity index is 418. The van der Waals surface area contributed by atoms with Crippen molar-refractivity contribution < 1.29 is 0 Å². The normalized spacial score (nSPS) is 13.9. The summed E-state index contributed by atoms with van der Waals surface area (Å²) in [6.45, 7) is 4.78. The fraction of sp³-hybridized carbons (Fsp3) is 0.429. The lowest BCUT2D eigenvalue weighted by molar-refractivity contribution is 0.588. The van der Waals surface area contributed by atoms with Gasteiger partial charge in [0.15, 0.2) is 0 Å². The number of aromatic nitrogens is 1. The molecule has 2 N–H and O–H groups in total. The molecule has 0 bridgehead atoms. The average Bonchev–Trinajstić information content (AvgIpc) is 2.36. The molecule has 4 nitrogen and oxygen atoms in total. The Labute approximate surface area is 109 Å². The highest BCUT2D eigenvalue weighted by Gasteiger charge is 2.05. The van der Waals surface area contributed by atoms with Crippen LogP contribution in [0.4, 0.5) is 0 Å². The van der Waals surface area contributed by atoms with Crippen LogP contribution in [0, 0.1) is 0 Å². The average molecular weight is 246 g/mol. The van der Waals surface area contributed by atoms with Crippen LogP contribution in [-0.4, -0.2) is 36.9 Å². The van der Waals surface area contributed by atoms with Gasteiger partial charge in [0.25, 0.3) is 0 Å². The van der Waals surface area contributed by atoms with Gasteiger partial charge in [-0.1, -0.05) is 12.1 Å². The van der Waals surface area contributed by atoms with E-state index in [1.54, 1.807) is 7.05 Å². The molecule has 1 aromatic rings. The van der Waals surface area contributed by atoms with Gasteiger partial charge in [-0.25, -0.2) is 0 Å². The molecule has 0 aliphatic rings. The Morgan fingerprint density at radius 1 is 1.56 bits per heavy atom. The fourth-order valence-electron chi connectivity index (χ4n) is 1.72. The Morgan fingerprint density at radius 2 is 2.28 bits per heavy atom. The first kappa shape index (κ1) is 14.4. The smallest absolute Gasteiger partial charge is 0.0846 e. The van der Waals surface area contributed by atoms with Crippen molar-refractivity contribution in [2.24, 2.45) is 10.7 Å². The summed E-state index contributed by atoms with van der Waals surface area (Å²) < 4.78 is 0. The standard InChI is InChI=1S/C14H22N4/c1-5-12(9-18(4)10-16-3)13-6-7-14(11(2)15)17-8-13/h5-8,10-11H,9,15H2,1-4H3/b12-5+,16-10?. The van der Waals surface area contributed by atoms with Gasteiger partial charge in [0, 0.05) is 32.9 Å². The molecule has 1 aromatic heterocycles.